The highest BCUT2D eigenvalue weighted by Gasteiger charge is 2.48. The molecule has 3 rings (SSSR count). The minimum atomic E-state index is -5.01. The second-order valence-electron chi connectivity index (χ2n) is 6.88. The van der Waals surface area contributed by atoms with Crippen LogP contribution in [0.1, 0.15) is 32.0 Å². The number of carbonyl (C=O) groups excluding carboxylic acids is 1. The van der Waals surface area contributed by atoms with Crippen molar-refractivity contribution in [1.29, 1.82) is 0 Å². The van der Waals surface area contributed by atoms with Crippen LogP contribution >= 0.6 is 0 Å². The first-order chi connectivity index (χ1) is 12.7. The van der Waals surface area contributed by atoms with Crippen molar-refractivity contribution >= 4 is 27.3 Å². The van der Waals surface area contributed by atoms with E-state index in [0.717, 1.165) is 0 Å². The summed E-state index contributed by atoms with van der Waals surface area (Å²) in [4.78, 5) is 20.3. The lowest BCUT2D eigenvalue weighted by molar-refractivity contribution is -0.141. The zero-order valence-electron chi connectivity index (χ0n) is 14.9. The van der Waals surface area contributed by atoms with E-state index < -0.39 is 50.3 Å². The van der Waals surface area contributed by atoms with Gasteiger partial charge in [-0.15, -0.1) is 0 Å². The van der Waals surface area contributed by atoms with Gasteiger partial charge in [-0.05, 0) is 26.8 Å². The number of amides is 1. The molecule has 28 heavy (non-hydrogen) atoms. The normalized spacial score (nSPS) is 17.1. The Labute approximate surface area is 157 Å². The van der Waals surface area contributed by atoms with Crippen LogP contribution in [0, 0.1) is 0 Å². The van der Waals surface area contributed by atoms with Gasteiger partial charge in [-0.2, -0.15) is 23.0 Å². The first kappa shape index (κ1) is 19.8. The molecule has 1 amide bonds. The zero-order chi connectivity index (χ0) is 21.1. The Morgan fingerprint density at radius 3 is 2.14 bits per heavy atom. The van der Waals surface area contributed by atoms with Gasteiger partial charge < -0.3 is 5.73 Å². The number of nitrogens with two attached hydrogens (primary N) is 1. The summed E-state index contributed by atoms with van der Waals surface area (Å²) in [6.45, 7) is 4.32. The number of nitrogen functional groups attached to an aromatic ring is 1. The van der Waals surface area contributed by atoms with Gasteiger partial charge in [0.05, 0.1) is 22.1 Å². The van der Waals surface area contributed by atoms with Crippen molar-refractivity contribution in [1.82, 2.24) is 24.1 Å². The van der Waals surface area contributed by atoms with Gasteiger partial charge >= 0.3 is 6.18 Å². The van der Waals surface area contributed by atoms with E-state index in [0.29, 0.717) is 14.4 Å². The molecule has 0 bridgehead atoms. The summed E-state index contributed by atoms with van der Waals surface area (Å²) in [6, 6.07) is 1.44. The molecular weight excluding hydrogens is 401 g/mol. The summed E-state index contributed by atoms with van der Waals surface area (Å²) in [5, 5.41) is 3.87. The van der Waals surface area contributed by atoms with Crippen LogP contribution < -0.4 is 5.73 Å². The van der Waals surface area contributed by atoms with Crippen LogP contribution in [-0.2, 0) is 21.0 Å². The smallest absolute Gasteiger partial charge is 0.383 e. The van der Waals surface area contributed by atoms with E-state index in [9.17, 15) is 26.4 Å². The lowest BCUT2D eigenvalue weighted by Crippen LogP contribution is -2.45. The van der Waals surface area contributed by atoms with Crippen molar-refractivity contribution in [3.63, 3.8) is 0 Å². The lowest BCUT2D eigenvalue weighted by atomic mass is 10.0. The zero-order valence-corrected chi connectivity index (χ0v) is 15.7. The number of rotatable bonds is 2. The van der Waals surface area contributed by atoms with E-state index in [2.05, 4.69) is 15.1 Å². The maximum atomic E-state index is 13.6. The van der Waals surface area contributed by atoms with Gasteiger partial charge in [0, 0.05) is 12.4 Å². The summed E-state index contributed by atoms with van der Waals surface area (Å²) >= 11 is 0. The quantitative estimate of drug-likeness (QED) is 0.788. The van der Waals surface area contributed by atoms with Crippen LogP contribution in [0.5, 0.6) is 0 Å². The van der Waals surface area contributed by atoms with E-state index in [1.165, 1.54) is 39.2 Å². The third-order valence-corrected chi connectivity index (χ3v) is 5.50. The third-order valence-electron chi connectivity index (χ3n) is 3.75. The molecule has 150 valence electrons. The van der Waals surface area contributed by atoms with Gasteiger partial charge in [0.25, 0.3) is 21.9 Å². The molecule has 2 aromatic heterocycles. The Morgan fingerprint density at radius 2 is 1.68 bits per heavy atom. The molecule has 0 radical (unpaired) electrons. The number of sulfonamides is 1. The van der Waals surface area contributed by atoms with E-state index in [1.54, 1.807) is 0 Å². The fraction of sp³-hybridized carbons (Fsp3) is 0.333. The Balaban J connectivity index is 2.28. The lowest BCUT2D eigenvalue weighted by Gasteiger charge is -2.30. The summed E-state index contributed by atoms with van der Waals surface area (Å²) in [5.41, 5.74) is 1.57. The van der Waals surface area contributed by atoms with Crippen molar-refractivity contribution in [3.8, 4) is 5.95 Å². The maximum absolute atomic E-state index is 13.6. The molecule has 0 unspecified atom stereocenters. The molecule has 0 saturated heterocycles. The van der Waals surface area contributed by atoms with Gasteiger partial charge in [0.15, 0.2) is 5.69 Å². The number of aromatic nitrogens is 4. The molecule has 13 heteroatoms. The van der Waals surface area contributed by atoms with Crippen molar-refractivity contribution in [2.45, 2.75) is 32.5 Å². The second-order valence-corrected chi connectivity index (χ2v) is 8.51. The largest absolute Gasteiger partial charge is 0.435 e. The first-order valence-corrected chi connectivity index (χ1v) is 9.30. The van der Waals surface area contributed by atoms with Crippen molar-refractivity contribution < 1.29 is 26.4 Å². The fourth-order valence-corrected chi connectivity index (χ4v) is 4.49. The van der Waals surface area contributed by atoms with Crippen LogP contribution in [0.2, 0.25) is 0 Å². The molecule has 0 atom stereocenters. The van der Waals surface area contributed by atoms with Gasteiger partial charge in [-0.1, -0.05) is 0 Å². The minimum Gasteiger partial charge on any atom is -0.383 e. The molecule has 0 saturated carbocycles. The number of anilines is 1. The average molecular weight is 416 g/mol. The molecule has 9 nitrogen and oxygen atoms in total. The Hall–Kier alpha value is -2.96. The topological polar surface area (TPSA) is 124 Å². The molecule has 1 aliphatic heterocycles. The molecular formula is C15H15F3N6O3S. The number of hydrogen-bond donors (Lipinski definition) is 1. The number of carbonyl (C=O) groups is 1. The summed E-state index contributed by atoms with van der Waals surface area (Å²) in [7, 11) is -4.30. The van der Waals surface area contributed by atoms with Gasteiger partial charge in [0.1, 0.15) is 5.82 Å². The predicted molar refractivity (Wildman–Crippen MR) is 92.1 cm³/mol. The van der Waals surface area contributed by atoms with Crippen molar-refractivity contribution in [2.24, 2.45) is 0 Å². The van der Waals surface area contributed by atoms with Crippen LogP contribution in [0.25, 0.3) is 11.5 Å². The van der Waals surface area contributed by atoms with Crippen LogP contribution in [0.4, 0.5) is 19.0 Å². The fourth-order valence-electron chi connectivity index (χ4n) is 2.78. The van der Waals surface area contributed by atoms with Gasteiger partial charge in [-0.25, -0.2) is 22.7 Å². The van der Waals surface area contributed by atoms with Gasteiger partial charge in [-0.3, -0.25) is 4.79 Å². The standard InChI is InChI=1S/C15H15F3N6O3S/c1-14(2,3)24-12(25)8(7-28(24,26)27)9-10(15(16,17)18)22-23(11(9)19)13-20-5-4-6-21-13/h4-7H,19H2,1-3H3. The molecule has 0 fully saturated rings. The van der Waals surface area contributed by atoms with Gasteiger partial charge in [0.2, 0.25) is 0 Å². The molecule has 3 heterocycles. The number of halogens is 3. The maximum Gasteiger partial charge on any atom is 0.435 e. The molecule has 0 aromatic carbocycles. The Kier molecular flexibility index (Phi) is 4.26. The van der Waals surface area contributed by atoms with E-state index >= 15 is 0 Å². The SMILES string of the molecule is CC(C)(C)N1C(=O)C(c2c(C(F)(F)F)nn(-c3ncccn3)c2N)=CS1(=O)=O. The minimum absolute atomic E-state index is 0.265. The number of hydrogen-bond acceptors (Lipinski definition) is 7. The molecule has 1 aliphatic rings. The Morgan fingerprint density at radius 1 is 1.11 bits per heavy atom. The number of nitrogens with zero attached hydrogens (tertiary/aromatic N) is 5. The van der Waals surface area contributed by atoms with Crippen LogP contribution in [-0.4, -0.2) is 43.9 Å². The second kappa shape index (κ2) is 6.02. The third kappa shape index (κ3) is 3.10. The van der Waals surface area contributed by atoms with E-state index in [4.69, 9.17) is 5.73 Å². The molecule has 2 aromatic rings. The highest BCUT2D eigenvalue weighted by Crippen LogP contribution is 2.42. The van der Waals surface area contributed by atoms with Crippen molar-refractivity contribution in [2.75, 3.05) is 5.73 Å². The highest BCUT2D eigenvalue weighted by molar-refractivity contribution is 7.93. The highest BCUT2D eigenvalue weighted by atomic mass is 32.2. The average Bonchev–Trinajstić information content (AvgIpc) is 3.00. The van der Waals surface area contributed by atoms with Crippen LogP contribution in [0.15, 0.2) is 23.9 Å². The predicted octanol–water partition coefficient (Wildman–Crippen LogP) is 1.57. The molecule has 0 spiro atoms. The van der Waals surface area contributed by atoms with Crippen molar-refractivity contribution in [3.05, 3.63) is 35.1 Å². The molecule has 0 aliphatic carbocycles. The van der Waals surface area contributed by atoms with E-state index in [1.807, 2.05) is 0 Å². The summed E-state index contributed by atoms with van der Waals surface area (Å²) < 4.78 is 66.7. The summed E-state index contributed by atoms with van der Waals surface area (Å²) in [5.74, 6) is -2.00. The monoisotopic (exact) mass is 416 g/mol. The molecule has 2 N–H and O–H groups in total. The van der Waals surface area contributed by atoms with E-state index in [-0.39, 0.29) is 5.95 Å². The first-order valence-electron chi connectivity index (χ1n) is 7.80. The van der Waals surface area contributed by atoms with Crippen LogP contribution in [0.3, 0.4) is 0 Å². The Bertz CT molecular complexity index is 1080. The summed E-state index contributed by atoms with van der Waals surface area (Å²) in [6.07, 6.45) is -2.48. The number of alkyl halides is 3.